The van der Waals surface area contributed by atoms with Gasteiger partial charge in [0.25, 0.3) is 0 Å². The Morgan fingerprint density at radius 1 is 1.11 bits per heavy atom. The fraction of sp³-hybridized carbons (Fsp3) is 0.389. The number of rotatable bonds is 7. The summed E-state index contributed by atoms with van der Waals surface area (Å²) in [6.45, 7) is 4.93. The van der Waals surface area contributed by atoms with Crippen LogP contribution in [-0.4, -0.2) is 37.2 Å². The number of carbonyl (C=O) groups is 2. The molecule has 2 aromatic rings. The van der Waals surface area contributed by atoms with Gasteiger partial charge in [0, 0.05) is 24.0 Å². The van der Waals surface area contributed by atoms with Gasteiger partial charge in [-0.05, 0) is 37.1 Å². The van der Waals surface area contributed by atoms with Crippen molar-refractivity contribution >= 4 is 28.5 Å². The Hall–Kier alpha value is -2.81. The number of hydrogen-bond acceptors (Lipinski definition) is 5. The van der Waals surface area contributed by atoms with Crippen LogP contribution in [0.25, 0.3) is 11.3 Å². The number of urea groups is 2. The zero-order valence-corrected chi connectivity index (χ0v) is 16.6. The van der Waals surface area contributed by atoms with E-state index in [1.165, 1.54) is 11.3 Å². The first-order valence-corrected chi connectivity index (χ1v) is 9.69. The molecule has 0 saturated heterocycles. The van der Waals surface area contributed by atoms with Gasteiger partial charge in [0.15, 0.2) is 0 Å². The van der Waals surface area contributed by atoms with E-state index in [1.807, 2.05) is 43.5 Å². The van der Waals surface area contributed by atoms with Crippen LogP contribution in [0.2, 0.25) is 0 Å². The Balaban J connectivity index is 2.19. The van der Waals surface area contributed by atoms with Crippen molar-refractivity contribution in [3.63, 3.8) is 0 Å². The first-order valence-electron chi connectivity index (χ1n) is 8.81. The molecule has 0 aliphatic heterocycles. The summed E-state index contributed by atoms with van der Waals surface area (Å²) < 4.78 is 5.16. The SMILES string of the molecule is CCCNC(=O)NN(C(=O)NCCC)c1nc(-c2ccc(OC)cc2)cs1. The lowest BCUT2D eigenvalue weighted by Gasteiger charge is -2.21. The minimum atomic E-state index is -0.454. The van der Waals surface area contributed by atoms with E-state index in [0.717, 1.165) is 29.2 Å². The molecule has 0 radical (unpaired) electrons. The molecule has 0 atom stereocenters. The third kappa shape index (κ3) is 5.85. The molecule has 4 amide bonds. The second-order valence-electron chi connectivity index (χ2n) is 5.68. The quantitative estimate of drug-likeness (QED) is 0.631. The molecule has 3 N–H and O–H groups in total. The van der Waals surface area contributed by atoms with E-state index in [9.17, 15) is 9.59 Å². The number of ether oxygens (including phenoxy) is 1. The summed E-state index contributed by atoms with van der Waals surface area (Å²) in [5.41, 5.74) is 4.16. The van der Waals surface area contributed by atoms with Crippen molar-refractivity contribution in [1.29, 1.82) is 0 Å². The van der Waals surface area contributed by atoms with Crippen LogP contribution in [0, 0.1) is 0 Å². The van der Waals surface area contributed by atoms with Crippen molar-refractivity contribution in [3.05, 3.63) is 29.6 Å². The fourth-order valence-corrected chi connectivity index (χ4v) is 2.93. The van der Waals surface area contributed by atoms with Crippen LogP contribution in [0.5, 0.6) is 5.75 Å². The van der Waals surface area contributed by atoms with E-state index in [-0.39, 0.29) is 0 Å². The Kier molecular flexibility index (Phi) is 7.87. The van der Waals surface area contributed by atoms with E-state index >= 15 is 0 Å². The molecule has 8 nitrogen and oxygen atoms in total. The number of nitrogens with zero attached hydrogens (tertiary/aromatic N) is 2. The number of amides is 4. The molecule has 2 rings (SSSR count). The van der Waals surface area contributed by atoms with Crippen LogP contribution < -0.4 is 25.8 Å². The van der Waals surface area contributed by atoms with Gasteiger partial charge in [-0.1, -0.05) is 13.8 Å². The summed E-state index contributed by atoms with van der Waals surface area (Å²) in [5, 5.41) is 8.79. The highest BCUT2D eigenvalue weighted by atomic mass is 32.1. The predicted octanol–water partition coefficient (Wildman–Crippen LogP) is 3.37. The number of thiazole rings is 1. The van der Waals surface area contributed by atoms with Gasteiger partial charge < -0.3 is 15.4 Å². The van der Waals surface area contributed by atoms with Gasteiger partial charge in [-0.25, -0.2) is 20.0 Å². The minimum absolute atomic E-state index is 0.376. The van der Waals surface area contributed by atoms with Gasteiger partial charge in [-0.2, -0.15) is 5.01 Å². The summed E-state index contributed by atoms with van der Waals surface area (Å²) in [7, 11) is 1.61. The maximum Gasteiger partial charge on any atom is 0.343 e. The molecule has 9 heteroatoms. The molecule has 0 unspecified atom stereocenters. The zero-order chi connectivity index (χ0) is 19.6. The largest absolute Gasteiger partial charge is 0.497 e. The van der Waals surface area contributed by atoms with Gasteiger partial charge in [0.1, 0.15) is 5.75 Å². The second-order valence-corrected chi connectivity index (χ2v) is 6.52. The summed E-state index contributed by atoms with van der Waals surface area (Å²) >= 11 is 1.27. The first kappa shape index (κ1) is 20.5. The van der Waals surface area contributed by atoms with Crippen LogP contribution in [0.4, 0.5) is 14.7 Å². The van der Waals surface area contributed by atoms with Crippen molar-refractivity contribution in [2.45, 2.75) is 26.7 Å². The molecule has 0 spiro atoms. The number of aromatic nitrogens is 1. The third-order valence-electron chi connectivity index (χ3n) is 3.55. The predicted molar refractivity (Wildman–Crippen MR) is 107 cm³/mol. The molecule has 1 heterocycles. The molecule has 0 saturated carbocycles. The summed E-state index contributed by atoms with van der Waals surface area (Å²) in [6.07, 6.45) is 1.59. The number of nitrogens with one attached hydrogen (secondary N) is 3. The van der Waals surface area contributed by atoms with Crippen molar-refractivity contribution in [1.82, 2.24) is 21.0 Å². The fourth-order valence-electron chi connectivity index (χ4n) is 2.14. The number of hydrogen-bond donors (Lipinski definition) is 3. The Morgan fingerprint density at radius 2 is 1.78 bits per heavy atom. The number of carbonyl (C=O) groups excluding carboxylic acids is 2. The van der Waals surface area contributed by atoms with Crippen LogP contribution in [0.1, 0.15) is 26.7 Å². The van der Waals surface area contributed by atoms with Gasteiger partial charge in [0.05, 0.1) is 12.8 Å². The van der Waals surface area contributed by atoms with Crippen molar-refractivity contribution in [3.8, 4) is 17.0 Å². The molecule has 1 aromatic carbocycles. The summed E-state index contributed by atoms with van der Waals surface area (Å²) in [5.74, 6) is 0.754. The van der Waals surface area contributed by atoms with Gasteiger partial charge >= 0.3 is 12.1 Å². The third-order valence-corrected chi connectivity index (χ3v) is 4.37. The Bertz CT molecular complexity index is 748. The second kappa shape index (κ2) is 10.4. The van der Waals surface area contributed by atoms with Crippen LogP contribution in [0.15, 0.2) is 29.6 Å². The van der Waals surface area contributed by atoms with Crippen LogP contribution >= 0.6 is 11.3 Å². The highest BCUT2D eigenvalue weighted by molar-refractivity contribution is 7.14. The zero-order valence-electron chi connectivity index (χ0n) is 15.7. The molecule has 0 bridgehead atoms. The monoisotopic (exact) mass is 391 g/mol. The molecular weight excluding hydrogens is 366 g/mol. The molecule has 1 aromatic heterocycles. The number of methoxy groups -OCH3 is 1. The first-order chi connectivity index (χ1) is 13.1. The number of benzene rings is 1. The molecule has 0 fully saturated rings. The lowest BCUT2D eigenvalue weighted by molar-refractivity contribution is 0.231. The summed E-state index contributed by atoms with van der Waals surface area (Å²) in [6, 6.07) is 6.58. The van der Waals surface area contributed by atoms with Crippen LogP contribution in [0.3, 0.4) is 0 Å². The minimum Gasteiger partial charge on any atom is -0.497 e. The van der Waals surface area contributed by atoms with Crippen molar-refractivity contribution < 1.29 is 14.3 Å². The lowest BCUT2D eigenvalue weighted by atomic mass is 10.2. The van der Waals surface area contributed by atoms with Crippen molar-refractivity contribution in [2.75, 3.05) is 25.2 Å². The summed E-state index contributed by atoms with van der Waals surface area (Å²) in [4.78, 5) is 29.0. The van der Waals surface area contributed by atoms with Gasteiger partial charge in [-0.3, -0.25) is 0 Å². The normalized spacial score (nSPS) is 10.2. The Labute approximate surface area is 162 Å². The number of anilines is 1. The maximum absolute atomic E-state index is 12.5. The molecule has 0 aliphatic carbocycles. The van der Waals surface area contributed by atoms with E-state index in [2.05, 4.69) is 21.0 Å². The highest BCUT2D eigenvalue weighted by Gasteiger charge is 2.21. The topological polar surface area (TPSA) is 95.6 Å². The number of hydrazine groups is 1. The van der Waals surface area contributed by atoms with Gasteiger partial charge in [-0.15, -0.1) is 11.3 Å². The van der Waals surface area contributed by atoms with E-state index < -0.39 is 12.1 Å². The Morgan fingerprint density at radius 3 is 2.41 bits per heavy atom. The average molecular weight is 391 g/mol. The van der Waals surface area contributed by atoms with E-state index in [4.69, 9.17) is 4.74 Å². The standard InChI is InChI=1S/C18H25N5O3S/c1-4-10-19-16(24)22-23(17(25)20-11-5-2)18-21-15(12-27-18)13-6-8-14(26-3)9-7-13/h6-9,12H,4-5,10-11H2,1-3H3,(H,20,25)(H2,19,22,24). The average Bonchev–Trinajstić information content (AvgIpc) is 3.18. The maximum atomic E-state index is 12.5. The smallest absolute Gasteiger partial charge is 0.343 e. The molecule has 27 heavy (non-hydrogen) atoms. The van der Waals surface area contributed by atoms with E-state index in [1.54, 1.807) is 7.11 Å². The highest BCUT2D eigenvalue weighted by Crippen LogP contribution is 2.28. The van der Waals surface area contributed by atoms with Crippen LogP contribution in [-0.2, 0) is 0 Å². The van der Waals surface area contributed by atoms with Crippen molar-refractivity contribution in [2.24, 2.45) is 0 Å². The molecule has 0 aliphatic rings. The lowest BCUT2D eigenvalue weighted by Crippen LogP contribution is -2.54. The van der Waals surface area contributed by atoms with E-state index in [0.29, 0.717) is 23.9 Å². The molecule has 146 valence electrons. The molecular formula is C18H25N5O3S. The van der Waals surface area contributed by atoms with Gasteiger partial charge in [0.2, 0.25) is 5.13 Å².